The van der Waals surface area contributed by atoms with E-state index in [1.807, 2.05) is 18.2 Å². The molecule has 1 aliphatic rings. The minimum atomic E-state index is -3.18. The molecule has 0 unspecified atom stereocenters. The minimum Gasteiger partial charge on any atom is -0.481 e. The Labute approximate surface area is 113 Å². The van der Waals surface area contributed by atoms with Gasteiger partial charge in [-0.05, 0) is 31.2 Å². The van der Waals surface area contributed by atoms with Crippen LogP contribution in [0.15, 0.2) is 30.3 Å². The first-order chi connectivity index (χ1) is 8.99. The van der Waals surface area contributed by atoms with E-state index < -0.39 is 15.8 Å². The molecule has 19 heavy (non-hydrogen) atoms. The van der Waals surface area contributed by atoms with Crippen molar-refractivity contribution in [2.75, 3.05) is 0 Å². The van der Waals surface area contributed by atoms with Crippen LogP contribution < -0.4 is 0 Å². The molecule has 0 heterocycles. The monoisotopic (exact) mass is 282 g/mol. The molecule has 0 bridgehead atoms. The molecule has 5 heteroatoms. The van der Waals surface area contributed by atoms with E-state index in [2.05, 4.69) is 0 Å². The van der Waals surface area contributed by atoms with Crippen molar-refractivity contribution in [2.45, 2.75) is 36.7 Å². The Hall–Kier alpha value is -1.36. The summed E-state index contributed by atoms with van der Waals surface area (Å²) >= 11 is 0. The Morgan fingerprint density at radius 2 is 1.68 bits per heavy atom. The van der Waals surface area contributed by atoms with E-state index in [1.165, 1.54) is 0 Å². The van der Waals surface area contributed by atoms with Crippen LogP contribution in [0.2, 0.25) is 0 Å². The Balaban J connectivity index is 2.00. The first-order valence-corrected chi connectivity index (χ1v) is 8.19. The van der Waals surface area contributed by atoms with Crippen LogP contribution in [0.3, 0.4) is 0 Å². The fourth-order valence-corrected chi connectivity index (χ4v) is 4.48. The number of carbonyl (C=O) groups is 1. The highest BCUT2D eigenvalue weighted by Crippen LogP contribution is 2.30. The van der Waals surface area contributed by atoms with Gasteiger partial charge in [-0.25, -0.2) is 8.42 Å². The molecule has 2 rings (SSSR count). The van der Waals surface area contributed by atoms with Gasteiger partial charge < -0.3 is 5.11 Å². The fourth-order valence-electron chi connectivity index (χ4n) is 2.59. The maximum absolute atomic E-state index is 12.3. The van der Waals surface area contributed by atoms with E-state index in [9.17, 15) is 13.2 Å². The second kappa shape index (κ2) is 5.74. The molecule has 0 radical (unpaired) electrons. The normalized spacial score (nSPS) is 24.0. The highest BCUT2D eigenvalue weighted by atomic mass is 32.2. The molecule has 0 saturated heterocycles. The van der Waals surface area contributed by atoms with Crippen LogP contribution in [-0.4, -0.2) is 24.7 Å². The summed E-state index contributed by atoms with van der Waals surface area (Å²) in [5, 5.41) is 8.53. The summed E-state index contributed by atoms with van der Waals surface area (Å²) in [6.07, 6.45) is 1.86. The third-order valence-electron chi connectivity index (χ3n) is 3.74. The van der Waals surface area contributed by atoms with Gasteiger partial charge in [0.05, 0.1) is 16.9 Å². The number of benzene rings is 1. The van der Waals surface area contributed by atoms with E-state index >= 15 is 0 Å². The maximum atomic E-state index is 12.3. The van der Waals surface area contributed by atoms with Gasteiger partial charge in [-0.15, -0.1) is 0 Å². The third kappa shape index (κ3) is 3.56. The van der Waals surface area contributed by atoms with E-state index in [4.69, 9.17) is 5.11 Å². The summed E-state index contributed by atoms with van der Waals surface area (Å²) in [5.74, 6) is -1.13. The molecule has 1 aromatic carbocycles. The van der Waals surface area contributed by atoms with Crippen LogP contribution in [0.5, 0.6) is 0 Å². The SMILES string of the molecule is O=C(O)C1CCC(S(=O)(=O)Cc2ccccc2)CC1. The van der Waals surface area contributed by atoms with Gasteiger partial charge in [0, 0.05) is 0 Å². The Bertz CT molecular complexity index is 528. The van der Waals surface area contributed by atoms with Gasteiger partial charge in [-0.2, -0.15) is 0 Å². The van der Waals surface area contributed by atoms with Gasteiger partial charge in [0.15, 0.2) is 9.84 Å². The molecule has 0 atom stereocenters. The lowest BCUT2D eigenvalue weighted by atomic mass is 9.89. The van der Waals surface area contributed by atoms with Crippen molar-refractivity contribution in [3.05, 3.63) is 35.9 Å². The molecule has 1 fully saturated rings. The first kappa shape index (κ1) is 14.1. The number of carboxylic acids is 1. The van der Waals surface area contributed by atoms with Gasteiger partial charge in [0.1, 0.15) is 0 Å². The minimum absolute atomic E-state index is 0.0518. The summed E-state index contributed by atoms with van der Waals surface area (Å²) in [6, 6.07) is 9.12. The molecule has 0 amide bonds. The molecular formula is C14H18O4S. The Morgan fingerprint density at radius 3 is 2.21 bits per heavy atom. The summed E-state index contributed by atoms with van der Waals surface area (Å²) in [7, 11) is -3.18. The second-order valence-electron chi connectivity index (χ2n) is 5.10. The summed E-state index contributed by atoms with van der Waals surface area (Å²) in [4.78, 5) is 10.9. The molecule has 1 aromatic rings. The van der Waals surface area contributed by atoms with Crippen molar-refractivity contribution >= 4 is 15.8 Å². The van der Waals surface area contributed by atoms with E-state index in [1.54, 1.807) is 12.1 Å². The van der Waals surface area contributed by atoms with Crippen molar-refractivity contribution in [1.29, 1.82) is 0 Å². The molecule has 4 nitrogen and oxygen atoms in total. The first-order valence-electron chi connectivity index (χ1n) is 6.47. The van der Waals surface area contributed by atoms with Crippen LogP contribution in [0.25, 0.3) is 0 Å². The third-order valence-corrected chi connectivity index (χ3v) is 5.96. The zero-order valence-corrected chi connectivity index (χ0v) is 11.5. The van der Waals surface area contributed by atoms with Gasteiger partial charge in [0.25, 0.3) is 0 Å². The molecule has 0 spiro atoms. The number of rotatable bonds is 4. The van der Waals surface area contributed by atoms with Crippen LogP contribution in [-0.2, 0) is 20.4 Å². The number of sulfone groups is 1. The highest BCUT2D eigenvalue weighted by molar-refractivity contribution is 7.91. The van der Waals surface area contributed by atoms with E-state index in [0.717, 1.165) is 5.56 Å². The van der Waals surface area contributed by atoms with Crippen molar-refractivity contribution in [3.63, 3.8) is 0 Å². The largest absolute Gasteiger partial charge is 0.481 e. The van der Waals surface area contributed by atoms with E-state index in [0.29, 0.717) is 25.7 Å². The van der Waals surface area contributed by atoms with E-state index in [-0.39, 0.29) is 16.9 Å². The summed E-state index contributed by atoms with van der Waals surface area (Å²) in [5.41, 5.74) is 0.794. The van der Waals surface area contributed by atoms with Crippen LogP contribution >= 0.6 is 0 Å². The van der Waals surface area contributed by atoms with Gasteiger partial charge in [0.2, 0.25) is 0 Å². The van der Waals surface area contributed by atoms with Crippen molar-refractivity contribution < 1.29 is 18.3 Å². The van der Waals surface area contributed by atoms with Crippen molar-refractivity contribution in [2.24, 2.45) is 5.92 Å². The Morgan fingerprint density at radius 1 is 1.11 bits per heavy atom. The number of carboxylic acid groups (broad SMARTS) is 1. The average molecular weight is 282 g/mol. The zero-order chi connectivity index (χ0) is 13.9. The number of hydrogen-bond donors (Lipinski definition) is 1. The molecular weight excluding hydrogens is 264 g/mol. The molecule has 104 valence electrons. The predicted octanol–water partition coefficient (Wildman–Crippen LogP) is 2.24. The quantitative estimate of drug-likeness (QED) is 0.919. The van der Waals surface area contributed by atoms with Crippen molar-refractivity contribution in [1.82, 2.24) is 0 Å². The number of hydrogen-bond acceptors (Lipinski definition) is 3. The lowest BCUT2D eigenvalue weighted by molar-refractivity contribution is -0.142. The smallest absolute Gasteiger partial charge is 0.306 e. The molecule has 1 saturated carbocycles. The molecule has 0 aromatic heterocycles. The molecule has 1 N–H and O–H groups in total. The number of aliphatic carboxylic acids is 1. The summed E-state index contributed by atoms with van der Waals surface area (Å²) in [6.45, 7) is 0. The molecule has 0 aliphatic heterocycles. The summed E-state index contributed by atoms with van der Waals surface area (Å²) < 4.78 is 24.6. The van der Waals surface area contributed by atoms with Gasteiger partial charge >= 0.3 is 5.97 Å². The fraction of sp³-hybridized carbons (Fsp3) is 0.500. The highest BCUT2D eigenvalue weighted by Gasteiger charge is 2.33. The van der Waals surface area contributed by atoms with Crippen LogP contribution in [0, 0.1) is 5.92 Å². The predicted molar refractivity (Wildman–Crippen MR) is 72.4 cm³/mol. The lowest BCUT2D eigenvalue weighted by Gasteiger charge is -2.25. The van der Waals surface area contributed by atoms with Crippen LogP contribution in [0.4, 0.5) is 0 Å². The van der Waals surface area contributed by atoms with Gasteiger partial charge in [-0.3, -0.25) is 4.79 Å². The van der Waals surface area contributed by atoms with Gasteiger partial charge in [-0.1, -0.05) is 30.3 Å². The Kier molecular flexibility index (Phi) is 4.24. The lowest BCUT2D eigenvalue weighted by Crippen LogP contribution is -2.30. The zero-order valence-electron chi connectivity index (χ0n) is 10.7. The topological polar surface area (TPSA) is 71.4 Å². The second-order valence-corrected chi connectivity index (χ2v) is 7.39. The molecule has 1 aliphatic carbocycles. The van der Waals surface area contributed by atoms with Crippen molar-refractivity contribution in [3.8, 4) is 0 Å². The average Bonchev–Trinajstić information content (AvgIpc) is 2.39. The maximum Gasteiger partial charge on any atom is 0.306 e. The standard InChI is InChI=1S/C14H18O4S/c15-14(16)12-6-8-13(9-7-12)19(17,18)10-11-4-2-1-3-5-11/h1-5,12-13H,6-10H2,(H,15,16). The van der Waals surface area contributed by atoms with Crippen LogP contribution in [0.1, 0.15) is 31.2 Å².